The molecule has 0 amide bonds. The summed E-state index contributed by atoms with van der Waals surface area (Å²) in [5.74, 6) is 2.00. The zero-order valence-electron chi connectivity index (χ0n) is 13.6. The number of nitrogens with zero attached hydrogens (tertiary/aromatic N) is 3. The van der Waals surface area contributed by atoms with Gasteiger partial charge in [0.25, 0.3) is 0 Å². The molecule has 1 N–H and O–H groups in total. The van der Waals surface area contributed by atoms with Crippen LogP contribution in [0.5, 0.6) is 11.5 Å². The molecule has 0 unspecified atom stereocenters. The van der Waals surface area contributed by atoms with Gasteiger partial charge in [0.05, 0.1) is 12.8 Å². The topological polar surface area (TPSA) is 59.7 Å². The highest BCUT2D eigenvalue weighted by Crippen LogP contribution is 2.37. The zero-order valence-corrected chi connectivity index (χ0v) is 13.6. The predicted octanol–water partition coefficient (Wildman–Crippen LogP) is 3.62. The maximum Gasteiger partial charge on any atom is 0.161 e. The number of phenolic OH excluding ortho intramolecular Hbond substituents is 1. The van der Waals surface area contributed by atoms with Gasteiger partial charge in [0.2, 0.25) is 0 Å². The largest absolute Gasteiger partial charge is 0.504 e. The lowest BCUT2D eigenvalue weighted by Gasteiger charge is -2.08. The van der Waals surface area contributed by atoms with Crippen molar-refractivity contribution in [2.75, 3.05) is 7.11 Å². The van der Waals surface area contributed by atoms with Gasteiger partial charge in [-0.2, -0.15) is 5.10 Å². The number of hydrogen-bond donors (Lipinski definition) is 1. The second-order valence-corrected chi connectivity index (χ2v) is 6.20. The summed E-state index contributed by atoms with van der Waals surface area (Å²) in [7, 11) is 1.54. The van der Waals surface area contributed by atoms with Crippen LogP contribution >= 0.6 is 0 Å². The molecular formula is C19H19N3O2. The van der Waals surface area contributed by atoms with E-state index < -0.39 is 0 Å². The molecule has 2 aromatic heterocycles. The van der Waals surface area contributed by atoms with Crippen molar-refractivity contribution < 1.29 is 9.84 Å². The van der Waals surface area contributed by atoms with Crippen LogP contribution in [0, 0.1) is 5.92 Å². The third-order valence-corrected chi connectivity index (χ3v) is 4.42. The maximum absolute atomic E-state index is 9.79. The first-order valence-corrected chi connectivity index (χ1v) is 8.05. The number of rotatable bonds is 5. The van der Waals surface area contributed by atoms with Gasteiger partial charge in [-0.1, -0.05) is 18.2 Å². The maximum atomic E-state index is 9.79. The Morgan fingerprint density at radius 2 is 2.17 bits per heavy atom. The van der Waals surface area contributed by atoms with E-state index in [0.717, 1.165) is 29.1 Å². The van der Waals surface area contributed by atoms with E-state index in [-0.39, 0.29) is 5.75 Å². The summed E-state index contributed by atoms with van der Waals surface area (Å²) in [6.07, 6.45) is 3.21. The van der Waals surface area contributed by atoms with E-state index >= 15 is 0 Å². The van der Waals surface area contributed by atoms with Crippen LogP contribution in [0.1, 0.15) is 18.7 Å². The summed E-state index contributed by atoms with van der Waals surface area (Å²) in [6.45, 7) is 4.16. The average Bonchev–Trinajstić information content (AvgIpc) is 3.35. The first-order chi connectivity index (χ1) is 11.7. The molecule has 0 spiro atoms. The van der Waals surface area contributed by atoms with Crippen molar-refractivity contribution in [2.24, 2.45) is 5.92 Å². The van der Waals surface area contributed by atoms with Crippen LogP contribution in [0.2, 0.25) is 0 Å². The Hall–Kier alpha value is -2.82. The van der Waals surface area contributed by atoms with Crippen LogP contribution in [0.3, 0.4) is 0 Å². The van der Waals surface area contributed by atoms with Crippen LogP contribution < -0.4 is 4.74 Å². The molecule has 0 radical (unpaired) electrons. The standard InChI is InChI=1S/C19H19N3O2/c1-12(13-6-7-13)10-18-20-19-5-3-4-15(22(19)21-18)14-8-9-16(23)17(11-14)24-2/h3-5,8-9,11,13,23H,1,6-7,10H2,2H3. The van der Waals surface area contributed by atoms with Gasteiger partial charge in [0.15, 0.2) is 23.0 Å². The first kappa shape index (κ1) is 14.8. The van der Waals surface area contributed by atoms with Crippen LogP contribution in [-0.2, 0) is 6.42 Å². The lowest BCUT2D eigenvalue weighted by molar-refractivity contribution is 0.373. The van der Waals surface area contributed by atoms with E-state index in [0.29, 0.717) is 11.7 Å². The van der Waals surface area contributed by atoms with Gasteiger partial charge < -0.3 is 9.84 Å². The lowest BCUT2D eigenvalue weighted by Crippen LogP contribution is -1.97. The fraction of sp³-hybridized carbons (Fsp3) is 0.263. The lowest BCUT2D eigenvalue weighted by atomic mass is 10.1. The number of aromatic hydroxyl groups is 1. The number of ether oxygens (including phenoxy) is 1. The van der Waals surface area contributed by atoms with Gasteiger partial charge in [-0.25, -0.2) is 9.50 Å². The molecule has 0 saturated heterocycles. The fourth-order valence-corrected chi connectivity index (χ4v) is 2.92. The van der Waals surface area contributed by atoms with E-state index in [1.807, 2.05) is 28.8 Å². The highest BCUT2D eigenvalue weighted by Gasteiger charge is 2.25. The molecule has 1 fully saturated rings. The van der Waals surface area contributed by atoms with E-state index in [1.165, 1.54) is 25.5 Å². The van der Waals surface area contributed by atoms with Gasteiger partial charge in [0.1, 0.15) is 0 Å². The van der Waals surface area contributed by atoms with Gasteiger partial charge in [0, 0.05) is 12.0 Å². The molecule has 0 aliphatic heterocycles. The number of fused-ring (bicyclic) bond motifs is 1. The summed E-state index contributed by atoms with van der Waals surface area (Å²) in [5.41, 5.74) is 3.84. The van der Waals surface area contributed by atoms with E-state index in [1.54, 1.807) is 12.1 Å². The van der Waals surface area contributed by atoms with Crippen LogP contribution in [0.4, 0.5) is 0 Å². The number of aromatic nitrogens is 3. The zero-order chi connectivity index (χ0) is 16.7. The number of benzene rings is 1. The molecule has 3 aromatic rings. The second-order valence-electron chi connectivity index (χ2n) is 6.20. The quantitative estimate of drug-likeness (QED) is 0.729. The highest BCUT2D eigenvalue weighted by atomic mass is 16.5. The smallest absolute Gasteiger partial charge is 0.161 e. The number of pyridine rings is 1. The van der Waals surface area contributed by atoms with Crippen molar-refractivity contribution in [2.45, 2.75) is 19.3 Å². The minimum Gasteiger partial charge on any atom is -0.504 e. The summed E-state index contributed by atoms with van der Waals surface area (Å²) in [4.78, 5) is 4.62. The Labute approximate surface area is 140 Å². The number of hydrogen-bond acceptors (Lipinski definition) is 4. The van der Waals surface area contributed by atoms with Crippen molar-refractivity contribution in [3.63, 3.8) is 0 Å². The number of phenols is 1. The molecule has 4 rings (SSSR count). The summed E-state index contributed by atoms with van der Waals surface area (Å²) in [6, 6.07) is 11.1. The Balaban J connectivity index is 1.75. The monoisotopic (exact) mass is 321 g/mol. The van der Waals surface area contributed by atoms with E-state index in [2.05, 4.69) is 16.7 Å². The number of methoxy groups -OCH3 is 1. The van der Waals surface area contributed by atoms with Crippen molar-refractivity contribution in [3.8, 4) is 22.8 Å². The molecule has 122 valence electrons. The van der Waals surface area contributed by atoms with Gasteiger partial charge >= 0.3 is 0 Å². The molecule has 0 bridgehead atoms. The third-order valence-electron chi connectivity index (χ3n) is 4.42. The number of allylic oxidation sites excluding steroid dienone is 1. The minimum absolute atomic E-state index is 0.119. The summed E-state index contributed by atoms with van der Waals surface area (Å²) >= 11 is 0. The second kappa shape index (κ2) is 5.67. The highest BCUT2D eigenvalue weighted by molar-refractivity contribution is 5.66. The molecule has 5 nitrogen and oxygen atoms in total. The van der Waals surface area contributed by atoms with E-state index in [4.69, 9.17) is 4.74 Å². The van der Waals surface area contributed by atoms with Crippen molar-refractivity contribution in [3.05, 3.63) is 54.4 Å². The van der Waals surface area contributed by atoms with Crippen LogP contribution in [0.25, 0.3) is 16.9 Å². The Morgan fingerprint density at radius 3 is 2.92 bits per heavy atom. The van der Waals surface area contributed by atoms with Crippen molar-refractivity contribution in [1.29, 1.82) is 0 Å². The fourth-order valence-electron chi connectivity index (χ4n) is 2.92. The molecule has 1 aliphatic carbocycles. The van der Waals surface area contributed by atoms with Gasteiger partial charge in [-0.3, -0.25) is 0 Å². The van der Waals surface area contributed by atoms with Crippen LogP contribution in [-0.4, -0.2) is 26.8 Å². The molecule has 1 saturated carbocycles. The van der Waals surface area contributed by atoms with E-state index in [9.17, 15) is 5.11 Å². The first-order valence-electron chi connectivity index (χ1n) is 8.05. The molecule has 2 heterocycles. The minimum atomic E-state index is 0.119. The molecule has 1 aromatic carbocycles. The van der Waals surface area contributed by atoms with Crippen molar-refractivity contribution in [1.82, 2.24) is 14.6 Å². The molecule has 5 heteroatoms. The third kappa shape index (κ3) is 2.62. The average molecular weight is 321 g/mol. The van der Waals surface area contributed by atoms with Gasteiger partial charge in [-0.05, 0) is 49.1 Å². The van der Waals surface area contributed by atoms with Crippen LogP contribution in [0.15, 0.2) is 48.6 Å². The van der Waals surface area contributed by atoms with Crippen molar-refractivity contribution >= 4 is 5.65 Å². The Morgan fingerprint density at radius 1 is 1.33 bits per heavy atom. The SMILES string of the molecule is C=C(Cc1nc2cccc(-c3ccc(O)c(OC)c3)n2n1)C1CC1. The molecule has 24 heavy (non-hydrogen) atoms. The predicted molar refractivity (Wildman–Crippen MR) is 92.2 cm³/mol. The Bertz CT molecular complexity index is 926. The molecular weight excluding hydrogens is 302 g/mol. The van der Waals surface area contributed by atoms with Gasteiger partial charge in [-0.15, -0.1) is 0 Å². The normalized spacial score (nSPS) is 14.0. The Kier molecular flexibility index (Phi) is 3.49. The summed E-state index contributed by atoms with van der Waals surface area (Å²) in [5, 5.41) is 14.4. The summed E-state index contributed by atoms with van der Waals surface area (Å²) < 4.78 is 7.04. The molecule has 0 atom stereocenters. The molecule has 1 aliphatic rings.